The molecule has 0 aromatic heterocycles. The summed E-state index contributed by atoms with van der Waals surface area (Å²) in [6.45, 7) is 7.21. The van der Waals surface area contributed by atoms with Crippen molar-refractivity contribution < 1.29 is 9.18 Å². The SMILES string of the molecule is CCN=C(SCC(=O)NCC1CCCN1CC)c1ccc(CF)cc1. The number of hydrogen-bond donors (Lipinski definition) is 1. The lowest BCUT2D eigenvalue weighted by Crippen LogP contribution is -2.40. The summed E-state index contributed by atoms with van der Waals surface area (Å²) >= 11 is 1.44. The number of nitrogens with zero attached hydrogens (tertiary/aromatic N) is 2. The molecule has 1 atom stereocenters. The van der Waals surface area contributed by atoms with Gasteiger partial charge in [-0.2, -0.15) is 0 Å². The molecule has 0 radical (unpaired) electrons. The van der Waals surface area contributed by atoms with Crippen LogP contribution < -0.4 is 5.32 Å². The van der Waals surface area contributed by atoms with E-state index in [-0.39, 0.29) is 5.91 Å². The highest BCUT2D eigenvalue weighted by molar-refractivity contribution is 8.14. The Labute approximate surface area is 154 Å². The van der Waals surface area contributed by atoms with Crippen LogP contribution in [0.15, 0.2) is 29.3 Å². The molecular formula is C19H28FN3OS. The van der Waals surface area contributed by atoms with E-state index in [4.69, 9.17) is 0 Å². The number of alkyl halides is 1. The van der Waals surface area contributed by atoms with Crippen molar-refractivity contribution in [2.75, 3.05) is 31.9 Å². The summed E-state index contributed by atoms with van der Waals surface area (Å²) in [5.41, 5.74) is 1.59. The average Bonchev–Trinajstić information content (AvgIpc) is 3.11. The van der Waals surface area contributed by atoms with Crippen LogP contribution in [0.5, 0.6) is 0 Å². The van der Waals surface area contributed by atoms with Gasteiger partial charge < -0.3 is 5.32 Å². The molecule has 0 saturated carbocycles. The lowest BCUT2D eigenvalue weighted by molar-refractivity contribution is -0.118. The normalized spacial score (nSPS) is 18.5. The third-order valence-electron chi connectivity index (χ3n) is 4.44. The number of halogens is 1. The lowest BCUT2D eigenvalue weighted by atomic mass is 10.1. The van der Waals surface area contributed by atoms with Gasteiger partial charge in [-0.15, -0.1) is 0 Å². The van der Waals surface area contributed by atoms with Crippen LogP contribution in [0, 0.1) is 0 Å². The van der Waals surface area contributed by atoms with E-state index in [9.17, 15) is 9.18 Å². The maximum atomic E-state index is 12.6. The highest BCUT2D eigenvalue weighted by Gasteiger charge is 2.23. The standard InChI is InChI=1S/C19H28FN3OS/c1-3-21-19(16-9-7-15(12-20)8-10-16)25-14-18(24)22-13-17-6-5-11-23(17)4-2/h7-10,17H,3-6,11-14H2,1-2H3,(H,22,24). The predicted octanol–water partition coefficient (Wildman–Crippen LogP) is 3.26. The highest BCUT2D eigenvalue weighted by Crippen LogP contribution is 2.17. The van der Waals surface area contributed by atoms with Gasteiger partial charge in [0.15, 0.2) is 0 Å². The molecule has 1 amide bonds. The van der Waals surface area contributed by atoms with E-state index in [1.165, 1.54) is 18.2 Å². The predicted molar refractivity (Wildman–Crippen MR) is 104 cm³/mol. The highest BCUT2D eigenvalue weighted by atomic mass is 32.2. The fourth-order valence-corrected chi connectivity index (χ4v) is 3.95. The van der Waals surface area contributed by atoms with Gasteiger partial charge in [-0.05, 0) is 38.4 Å². The van der Waals surface area contributed by atoms with Gasteiger partial charge >= 0.3 is 0 Å². The van der Waals surface area contributed by atoms with Crippen molar-refractivity contribution in [2.24, 2.45) is 4.99 Å². The van der Waals surface area contributed by atoms with E-state index in [1.807, 2.05) is 19.1 Å². The zero-order valence-electron chi connectivity index (χ0n) is 15.1. The Morgan fingerprint density at radius 1 is 1.36 bits per heavy atom. The first kappa shape index (κ1) is 19.9. The number of likely N-dealkylation sites (tertiary alicyclic amines) is 1. The van der Waals surface area contributed by atoms with Gasteiger partial charge in [0.25, 0.3) is 0 Å². The van der Waals surface area contributed by atoms with E-state index in [2.05, 4.69) is 22.1 Å². The van der Waals surface area contributed by atoms with Crippen LogP contribution >= 0.6 is 11.8 Å². The summed E-state index contributed by atoms with van der Waals surface area (Å²) in [5, 5.41) is 3.88. The van der Waals surface area contributed by atoms with Crippen LogP contribution in [0.3, 0.4) is 0 Å². The number of carbonyl (C=O) groups is 1. The van der Waals surface area contributed by atoms with Gasteiger partial charge in [-0.25, -0.2) is 4.39 Å². The summed E-state index contributed by atoms with van der Waals surface area (Å²) in [5.74, 6) is 0.389. The third kappa shape index (κ3) is 6.12. The molecule has 2 rings (SSSR count). The van der Waals surface area contributed by atoms with Gasteiger partial charge in [0.2, 0.25) is 5.91 Å². The van der Waals surface area contributed by atoms with Crippen LogP contribution in [0.2, 0.25) is 0 Å². The molecule has 1 unspecified atom stereocenters. The molecule has 1 fully saturated rings. The van der Waals surface area contributed by atoms with Crippen LogP contribution in [-0.2, 0) is 11.5 Å². The Hall–Kier alpha value is -1.40. The molecule has 1 aliphatic rings. The van der Waals surface area contributed by atoms with Gasteiger partial charge in [-0.1, -0.05) is 43.0 Å². The van der Waals surface area contributed by atoms with Crippen LogP contribution in [0.4, 0.5) is 4.39 Å². The number of aliphatic imine (C=N–C) groups is 1. The Bertz CT molecular complexity index is 577. The number of likely N-dealkylation sites (N-methyl/N-ethyl adjacent to an activating group) is 1. The fourth-order valence-electron chi connectivity index (χ4n) is 3.06. The summed E-state index contributed by atoms with van der Waals surface area (Å²) in [7, 11) is 0. The summed E-state index contributed by atoms with van der Waals surface area (Å²) in [6.07, 6.45) is 2.37. The van der Waals surface area contributed by atoms with E-state index < -0.39 is 6.67 Å². The molecule has 1 aromatic rings. The van der Waals surface area contributed by atoms with Crippen LogP contribution in [0.1, 0.15) is 37.8 Å². The van der Waals surface area contributed by atoms with Crippen molar-refractivity contribution in [1.29, 1.82) is 0 Å². The maximum Gasteiger partial charge on any atom is 0.230 e. The molecule has 0 aliphatic carbocycles. The van der Waals surface area contributed by atoms with Crippen molar-refractivity contribution in [3.05, 3.63) is 35.4 Å². The van der Waals surface area contributed by atoms with Crippen molar-refractivity contribution >= 4 is 22.7 Å². The van der Waals surface area contributed by atoms with Gasteiger partial charge in [0.1, 0.15) is 6.67 Å². The lowest BCUT2D eigenvalue weighted by Gasteiger charge is -2.22. The minimum absolute atomic E-state index is 0.0390. The largest absolute Gasteiger partial charge is 0.354 e. The summed E-state index contributed by atoms with van der Waals surface area (Å²) in [6, 6.07) is 7.73. The molecule has 1 saturated heterocycles. The molecule has 1 aromatic carbocycles. The maximum absolute atomic E-state index is 12.6. The Balaban J connectivity index is 1.83. The minimum Gasteiger partial charge on any atom is -0.354 e. The topological polar surface area (TPSA) is 44.7 Å². The smallest absolute Gasteiger partial charge is 0.230 e. The van der Waals surface area contributed by atoms with E-state index in [0.29, 0.717) is 23.9 Å². The van der Waals surface area contributed by atoms with Crippen molar-refractivity contribution in [3.8, 4) is 0 Å². The second-order valence-electron chi connectivity index (χ2n) is 6.13. The summed E-state index contributed by atoms with van der Waals surface area (Å²) in [4.78, 5) is 19.1. The Morgan fingerprint density at radius 3 is 2.76 bits per heavy atom. The number of amides is 1. The Kier molecular flexibility index (Phi) is 8.41. The first-order valence-electron chi connectivity index (χ1n) is 9.01. The molecule has 25 heavy (non-hydrogen) atoms. The first-order chi connectivity index (χ1) is 12.2. The Morgan fingerprint density at radius 2 is 2.12 bits per heavy atom. The molecule has 6 heteroatoms. The van der Waals surface area contributed by atoms with Crippen molar-refractivity contribution in [1.82, 2.24) is 10.2 Å². The molecule has 1 N–H and O–H groups in total. The quantitative estimate of drug-likeness (QED) is 0.568. The molecule has 138 valence electrons. The molecule has 0 bridgehead atoms. The molecule has 1 aliphatic heterocycles. The van der Waals surface area contributed by atoms with E-state index >= 15 is 0 Å². The molecule has 1 heterocycles. The zero-order valence-corrected chi connectivity index (χ0v) is 15.9. The average molecular weight is 366 g/mol. The van der Waals surface area contributed by atoms with Crippen LogP contribution in [0.25, 0.3) is 0 Å². The van der Waals surface area contributed by atoms with E-state index in [0.717, 1.165) is 36.7 Å². The number of nitrogens with one attached hydrogen (secondary N) is 1. The van der Waals surface area contributed by atoms with Crippen molar-refractivity contribution in [2.45, 2.75) is 39.4 Å². The van der Waals surface area contributed by atoms with Gasteiger partial charge in [-0.3, -0.25) is 14.7 Å². The monoisotopic (exact) mass is 365 g/mol. The number of carbonyl (C=O) groups excluding carboxylic acids is 1. The molecule has 0 spiro atoms. The van der Waals surface area contributed by atoms with Crippen molar-refractivity contribution in [3.63, 3.8) is 0 Å². The third-order valence-corrected chi connectivity index (χ3v) is 5.48. The van der Waals surface area contributed by atoms with Gasteiger partial charge in [0, 0.05) is 24.7 Å². The number of hydrogen-bond acceptors (Lipinski definition) is 4. The summed E-state index contributed by atoms with van der Waals surface area (Å²) < 4.78 is 12.6. The molecular weight excluding hydrogens is 337 g/mol. The number of thioether (sulfide) groups is 1. The van der Waals surface area contributed by atoms with Crippen LogP contribution in [-0.4, -0.2) is 53.8 Å². The zero-order chi connectivity index (χ0) is 18.1. The van der Waals surface area contributed by atoms with Gasteiger partial charge in [0.05, 0.1) is 10.8 Å². The fraction of sp³-hybridized carbons (Fsp3) is 0.579. The number of rotatable bonds is 8. The molecule has 4 nitrogen and oxygen atoms in total. The second-order valence-corrected chi connectivity index (χ2v) is 7.09. The second kappa shape index (κ2) is 10.6. The number of benzene rings is 1. The van der Waals surface area contributed by atoms with E-state index in [1.54, 1.807) is 12.1 Å². The minimum atomic E-state index is -0.466. The first-order valence-corrected chi connectivity index (χ1v) is 9.99.